The average molecular weight is 391 g/mol. The largest absolute Gasteiger partial charge is 0.393 e. The summed E-state index contributed by atoms with van der Waals surface area (Å²) < 4.78 is 0. The SMILES string of the molecule is C[C@]12CC[C@H](O)C[C@H]1CC[C@@H]1[C@@H]2CC[C@]2(C)[C@@H](C/C=N/NC(=N)N)CC[C@]12O. The molecule has 0 bridgehead atoms. The van der Waals surface area contributed by atoms with E-state index in [1.807, 2.05) is 6.21 Å². The van der Waals surface area contributed by atoms with Crippen molar-refractivity contribution in [3.05, 3.63) is 0 Å². The molecule has 8 atom stereocenters. The van der Waals surface area contributed by atoms with Crippen molar-refractivity contribution in [1.82, 2.24) is 5.43 Å². The number of nitrogens with one attached hydrogen (secondary N) is 2. The minimum atomic E-state index is -0.577. The van der Waals surface area contributed by atoms with Gasteiger partial charge in [0.05, 0.1) is 11.7 Å². The Morgan fingerprint density at radius 2 is 1.93 bits per heavy atom. The normalized spacial score (nSPS) is 50.6. The minimum absolute atomic E-state index is 0.0617. The molecule has 0 aliphatic heterocycles. The molecular weight excluding hydrogens is 352 g/mol. The predicted molar refractivity (Wildman–Crippen MR) is 111 cm³/mol. The van der Waals surface area contributed by atoms with Crippen LogP contribution in [0.4, 0.5) is 0 Å². The van der Waals surface area contributed by atoms with E-state index in [1.165, 1.54) is 6.42 Å². The fourth-order valence-corrected chi connectivity index (χ4v) is 7.99. The van der Waals surface area contributed by atoms with Gasteiger partial charge in [-0.1, -0.05) is 13.8 Å². The van der Waals surface area contributed by atoms with Gasteiger partial charge in [-0.25, -0.2) is 5.43 Å². The lowest BCUT2D eigenvalue weighted by Crippen LogP contribution is -2.62. The molecule has 4 aliphatic carbocycles. The Labute approximate surface area is 168 Å². The summed E-state index contributed by atoms with van der Waals surface area (Å²) in [5.74, 6) is 1.87. The number of nitrogens with two attached hydrogens (primary N) is 1. The van der Waals surface area contributed by atoms with Crippen LogP contribution in [0.2, 0.25) is 0 Å². The molecule has 158 valence electrons. The van der Waals surface area contributed by atoms with Crippen molar-refractivity contribution in [2.45, 2.75) is 89.8 Å². The zero-order valence-electron chi connectivity index (χ0n) is 17.5. The topological polar surface area (TPSA) is 115 Å². The van der Waals surface area contributed by atoms with Gasteiger partial charge in [0.1, 0.15) is 0 Å². The molecule has 0 spiro atoms. The number of hydrazone groups is 1. The molecule has 0 saturated heterocycles. The maximum Gasteiger partial charge on any atom is 0.206 e. The Balaban J connectivity index is 1.53. The Kier molecular flexibility index (Phi) is 5.02. The smallest absolute Gasteiger partial charge is 0.206 e. The summed E-state index contributed by atoms with van der Waals surface area (Å²) in [5.41, 5.74) is 7.43. The minimum Gasteiger partial charge on any atom is -0.393 e. The molecule has 6 heteroatoms. The zero-order chi connectivity index (χ0) is 20.2. The standard InChI is InChI=1S/C22H38N4O2/c1-20-9-6-16(27)13-15(20)3-4-18-17(20)7-10-21(2)14(5-11-22(18,21)28)8-12-25-26-19(23)24/h12,14-18,27-28H,3-11,13H2,1-2H3,(H4,23,24,26)/b25-12+/t14-,15-,16+,17+,18-,20+,21-,22+/m1/s1. The molecular formula is C22H38N4O2. The summed E-state index contributed by atoms with van der Waals surface area (Å²) in [4.78, 5) is 0. The second kappa shape index (κ2) is 6.98. The van der Waals surface area contributed by atoms with Crippen molar-refractivity contribution >= 4 is 12.2 Å². The molecule has 4 saturated carbocycles. The number of fused-ring (bicyclic) bond motifs is 5. The summed E-state index contributed by atoms with van der Waals surface area (Å²) in [6.07, 6.45) is 12.0. The average Bonchev–Trinajstić information content (AvgIpc) is 2.90. The van der Waals surface area contributed by atoms with Gasteiger partial charge in [0, 0.05) is 6.21 Å². The highest BCUT2D eigenvalue weighted by atomic mass is 16.3. The zero-order valence-corrected chi connectivity index (χ0v) is 17.5. The molecule has 6 nitrogen and oxygen atoms in total. The van der Waals surface area contributed by atoms with Crippen molar-refractivity contribution in [3.63, 3.8) is 0 Å². The van der Waals surface area contributed by atoms with Crippen LogP contribution in [0.15, 0.2) is 5.10 Å². The van der Waals surface area contributed by atoms with Gasteiger partial charge in [0.25, 0.3) is 0 Å². The number of hydrogen-bond donors (Lipinski definition) is 5. The van der Waals surface area contributed by atoms with Gasteiger partial charge in [-0.2, -0.15) is 5.10 Å². The molecule has 6 N–H and O–H groups in total. The van der Waals surface area contributed by atoms with Crippen LogP contribution in [-0.2, 0) is 0 Å². The quantitative estimate of drug-likeness (QED) is 0.289. The Morgan fingerprint density at radius 1 is 1.14 bits per heavy atom. The molecule has 4 aliphatic rings. The van der Waals surface area contributed by atoms with Crippen molar-refractivity contribution in [2.75, 3.05) is 0 Å². The van der Waals surface area contributed by atoms with Crippen molar-refractivity contribution in [1.29, 1.82) is 5.41 Å². The maximum atomic E-state index is 12.1. The van der Waals surface area contributed by atoms with Crippen LogP contribution in [0, 0.1) is 39.9 Å². The molecule has 4 fully saturated rings. The van der Waals surface area contributed by atoms with E-state index in [0.717, 1.165) is 57.8 Å². The third-order valence-electron chi connectivity index (χ3n) is 9.68. The predicted octanol–water partition coefficient (Wildman–Crippen LogP) is 2.98. The summed E-state index contributed by atoms with van der Waals surface area (Å²) in [6, 6.07) is 0. The molecule has 0 unspecified atom stereocenters. The third-order valence-corrected chi connectivity index (χ3v) is 9.68. The van der Waals surface area contributed by atoms with E-state index in [4.69, 9.17) is 11.1 Å². The second-order valence-electron chi connectivity index (χ2n) is 10.6. The number of aliphatic hydroxyl groups is 2. The van der Waals surface area contributed by atoms with E-state index in [2.05, 4.69) is 24.4 Å². The van der Waals surface area contributed by atoms with Crippen molar-refractivity contribution in [3.8, 4) is 0 Å². The fourth-order valence-electron chi connectivity index (χ4n) is 7.99. The van der Waals surface area contributed by atoms with Crippen LogP contribution in [0.5, 0.6) is 0 Å². The summed E-state index contributed by atoms with van der Waals surface area (Å²) in [5, 5.41) is 33.5. The van der Waals surface area contributed by atoms with Gasteiger partial charge in [-0.3, -0.25) is 5.41 Å². The number of rotatable bonds is 3. The van der Waals surface area contributed by atoms with Gasteiger partial charge in [-0.15, -0.1) is 0 Å². The number of nitrogens with zero attached hydrogens (tertiary/aromatic N) is 1. The van der Waals surface area contributed by atoms with E-state index < -0.39 is 5.60 Å². The van der Waals surface area contributed by atoms with E-state index >= 15 is 0 Å². The molecule has 28 heavy (non-hydrogen) atoms. The van der Waals surface area contributed by atoms with Crippen LogP contribution in [0.1, 0.15) is 78.1 Å². The van der Waals surface area contributed by atoms with E-state index in [-0.39, 0.29) is 22.9 Å². The molecule has 0 aromatic heterocycles. The van der Waals surface area contributed by atoms with Gasteiger partial charge in [0.15, 0.2) is 0 Å². The molecule has 4 rings (SSSR count). The Hall–Kier alpha value is -1.14. The number of guanidine groups is 1. The number of aliphatic hydroxyl groups excluding tert-OH is 1. The number of hydrogen-bond acceptors (Lipinski definition) is 4. The van der Waals surface area contributed by atoms with Crippen LogP contribution < -0.4 is 11.2 Å². The first-order valence-electron chi connectivity index (χ1n) is 11.2. The van der Waals surface area contributed by atoms with E-state index in [1.54, 1.807) is 0 Å². The first kappa shape index (κ1) is 20.1. The van der Waals surface area contributed by atoms with Gasteiger partial charge < -0.3 is 15.9 Å². The van der Waals surface area contributed by atoms with E-state index in [0.29, 0.717) is 23.7 Å². The summed E-state index contributed by atoms with van der Waals surface area (Å²) in [7, 11) is 0. The molecule has 0 aromatic carbocycles. The fraction of sp³-hybridized carbons (Fsp3) is 0.909. The van der Waals surface area contributed by atoms with Gasteiger partial charge in [0.2, 0.25) is 5.96 Å². The van der Waals surface area contributed by atoms with Crippen LogP contribution in [-0.4, -0.2) is 34.1 Å². The first-order valence-corrected chi connectivity index (χ1v) is 11.2. The Bertz CT molecular complexity index is 654. The summed E-state index contributed by atoms with van der Waals surface area (Å²) in [6.45, 7) is 4.77. The maximum absolute atomic E-state index is 12.1. The van der Waals surface area contributed by atoms with Crippen LogP contribution in [0.3, 0.4) is 0 Å². The van der Waals surface area contributed by atoms with Crippen molar-refractivity contribution < 1.29 is 10.2 Å². The molecule has 0 aromatic rings. The van der Waals surface area contributed by atoms with Crippen LogP contribution >= 0.6 is 0 Å². The summed E-state index contributed by atoms with van der Waals surface area (Å²) >= 11 is 0. The van der Waals surface area contributed by atoms with E-state index in [9.17, 15) is 10.2 Å². The highest BCUT2D eigenvalue weighted by Gasteiger charge is 2.66. The highest BCUT2D eigenvalue weighted by molar-refractivity contribution is 5.75. The second-order valence-corrected chi connectivity index (χ2v) is 10.6. The highest BCUT2D eigenvalue weighted by Crippen LogP contribution is 2.69. The Morgan fingerprint density at radius 3 is 2.68 bits per heavy atom. The third kappa shape index (κ3) is 2.90. The lowest BCUT2D eigenvalue weighted by molar-refractivity contribution is -0.209. The van der Waals surface area contributed by atoms with Crippen molar-refractivity contribution in [2.24, 2.45) is 45.3 Å². The van der Waals surface area contributed by atoms with Crippen LogP contribution in [0.25, 0.3) is 0 Å². The molecule has 0 amide bonds. The van der Waals surface area contributed by atoms with Gasteiger partial charge in [-0.05, 0) is 98.7 Å². The lowest BCUT2D eigenvalue weighted by Gasteiger charge is -2.63. The lowest BCUT2D eigenvalue weighted by atomic mass is 9.43. The molecule has 0 heterocycles. The van der Waals surface area contributed by atoms with Gasteiger partial charge >= 0.3 is 0 Å². The molecule has 0 radical (unpaired) electrons. The monoisotopic (exact) mass is 390 g/mol. The first-order chi connectivity index (χ1) is 13.2.